The molecular formula is C19H24N2O3. The molecule has 2 aromatic rings. The van der Waals surface area contributed by atoms with Crippen LogP contribution < -0.4 is 5.32 Å². The number of nitrogens with zero attached hydrogens (tertiary/aromatic N) is 1. The molecule has 24 heavy (non-hydrogen) atoms. The highest BCUT2D eigenvalue weighted by molar-refractivity contribution is 5.94. The van der Waals surface area contributed by atoms with Gasteiger partial charge in [0.2, 0.25) is 0 Å². The average molecular weight is 328 g/mol. The van der Waals surface area contributed by atoms with Crippen molar-refractivity contribution in [2.24, 2.45) is 0 Å². The maximum absolute atomic E-state index is 12.4. The standard InChI is InChI=1S/C19H24N2O3/c1-2-15-5-7-16(8-6-15)19(22)20-14-17(18-4-3-11-24-18)21-9-12-23-13-10-21/h3-8,11,17H,2,9-10,12-14H2,1H3,(H,20,22). The summed E-state index contributed by atoms with van der Waals surface area (Å²) in [4.78, 5) is 14.7. The number of rotatable bonds is 6. The molecule has 1 aromatic carbocycles. The normalized spacial score (nSPS) is 16.7. The number of hydrogen-bond acceptors (Lipinski definition) is 4. The number of benzene rings is 1. The molecule has 0 radical (unpaired) electrons. The minimum atomic E-state index is -0.0533. The fraction of sp³-hybridized carbons (Fsp3) is 0.421. The van der Waals surface area contributed by atoms with Gasteiger partial charge in [0, 0.05) is 25.2 Å². The monoisotopic (exact) mass is 328 g/mol. The molecule has 2 heterocycles. The Balaban J connectivity index is 1.65. The number of aryl methyl sites for hydroxylation is 1. The Bertz CT molecular complexity index is 631. The summed E-state index contributed by atoms with van der Waals surface area (Å²) in [5, 5.41) is 3.04. The number of morpholine rings is 1. The highest BCUT2D eigenvalue weighted by atomic mass is 16.5. The van der Waals surface area contributed by atoms with Gasteiger partial charge >= 0.3 is 0 Å². The molecule has 1 amide bonds. The fourth-order valence-corrected chi connectivity index (χ4v) is 2.96. The lowest BCUT2D eigenvalue weighted by molar-refractivity contribution is 0.0118. The zero-order valence-electron chi connectivity index (χ0n) is 14.0. The summed E-state index contributed by atoms with van der Waals surface area (Å²) in [7, 11) is 0. The Morgan fingerprint density at radius 3 is 2.58 bits per heavy atom. The van der Waals surface area contributed by atoms with Crippen molar-refractivity contribution in [3.05, 3.63) is 59.5 Å². The second kappa shape index (κ2) is 8.13. The molecule has 1 aliphatic heterocycles. The van der Waals surface area contributed by atoms with Gasteiger partial charge in [-0.25, -0.2) is 0 Å². The smallest absolute Gasteiger partial charge is 0.251 e. The van der Waals surface area contributed by atoms with E-state index < -0.39 is 0 Å². The van der Waals surface area contributed by atoms with Crippen LogP contribution in [0.25, 0.3) is 0 Å². The van der Waals surface area contributed by atoms with Crippen LogP contribution in [0.15, 0.2) is 47.1 Å². The maximum Gasteiger partial charge on any atom is 0.251 e. The first kappa shape index (κ1) is 16.7. The fourth-order valence-electron chi connectivity index (χ4n) is 2.96. The van der Waals surface area contributed by atoms with E-state index in [1.54, 1.807) is 6.26 Å². The van der Waals surface area contributed by atoms with Gasteiger partial charge in [0.15, 0.2) is 0 Å². The molecule has 1 atom stereocenters. The molecule has 1 saturated heterocycles. The van der Waals surface area contributed by atoms with E-state index in [2.05, 4.69) is 17.1 Å². The largest absolute Gasteiger partial charge is 0.468 e. The SMILES string of the molecule is CCc1ccc(C(=O)NCC(c2ccco2)N2CCOCC2)cc1. The van der Waals surface area contributed by atoms with Gasteiger partial charge in [-0.1, -0.05) is 19.1 Å². The lowest BCUT2D eigenvalue weighted by atomic mass is 10.1. The van der Waals surface area contributed by atoms with E-state index >= 15 is 0 Å². The van der Waals surface area contributed by atoms with Crippen molar-refractivity contribution in [2.75, 3.05) is 32.8 Å². The number of ether oxygens (including phenoxy) is 1. The van der Waals surface area contributed by atoms with E-state index in [0.717, 1.165) is 25.3 Å². The van der Waals surface area contributed by atoms with Crippen molar-refractivity contribution >= 4 is 5.91 Å². The van der Waals surface area contributed by atoms with Crippen LogP contribution in [0.1, 0.15) is 34.6 Å². The van der Waals surface area contributed by atoms with Crippen LogP contribution in [0.3, 0.4) is 0 Å². The van der Waals surface area contributed by atoms with Crippen LogP contribution in [0.2, 0.25) is 0 Å². The Labute approximate surface area is 142 Å². The summed E-state index contributed by atoms with van der Waals surface area (Å²) in [6.45, 7) is 5.72. The van der Waals surface area contributed by atoms with Gasteiger partial charge in [0.1, 0.15) is 5.76 Å². The van der Waals surface area contributed by atoms with Gasteiger partial charge < -0.3 is 14.5 Å². The van der Waals surface area contributed by atoms with Crippen LogP contribution in [-0.2, 0) is 11.2 Å². The lowest BCUT2D eigenvalue weighted by Gasteiger charge is -2.33. The highest BCUT2D eigenvalue weighted by Crippen LogP contribution is 2.21. The van der Waals surface area contributed by atoms with Crippen molar-refractivity contribution in [1.29, 1.82) is 0 Å². The van der Waals surface area contributed by atoms with Gasteiger partial charge in [0.25, 0.3) is 5.91 Å². The molecule has 1 aromatic heterocycles. The maximum atomic E-state index is 12.4. The van der Waals surface area contributed by atoms with Crippen LogP contribution in [0.4, 0.5) is 0 Å². The molecular weight excluding hydrogens is 304 g/mol. The van der Waals surface area contributed by atoms with Crippen LogP contribution >= 0.6 is 0 Å². The van der Waals surface area contributed by atoms with Crippen molar-refractivity contribution in [1.82, 2.24) is 10.2 Å². The van der Waals surface area contributed by atoms with E-state index in [1.807, 2.05) is 36.4 Å². The van der Waals surface area contributed by atoms with Gasteiger partial charge in [-0.05, 0) is 36.2 Å². The number of carbonyl (C=O) groups excluding carboxylic acids is 1. The van der Waals surface area contributed by atoms with Crippen molar-refractivity contribution in [3.8, 4) is 0 Å². The first-order valence-electron chi connectivity index (χ1n) is 8.50. The number of furan rings is 1. The third-order valence-corrected chi connectivity index (χ3v) is 4.44. The first-order valence-corrected chi connectivity index (χ1v) is 8.50. The van der Waals surface area contributed by atoms with Crippen molar-refractivity contribution in [3.63, 3.8) is 0 Å². The first-order chi connectivity index (χ1) is 11.8. The molecule has 3 rings (SSSR count). The Morgan fingerprint density at radius 2 is 1.96 bits per heavy atom. The van der Waals surface area contributed by atoms with Crippen LogP contribution in [-0.4, -0.2) is 43.7 Å². The van der Waals surface area contributed by atoms with Gasteiger partial charge in [-0.3, -0.25) is 9.69 Å². The molecule has 0 saturated carbocycles. The second-order valence-electron chi connectivity index (χ2n) is 5.94. The average Bonchev–Trinajstić information content (AvgIpc) is 3.17. The van der Waals surface area contributed by atoms with E-state index in [0.29, 0.717) is 25.3 Å². The quantitative estimate of drug-likeness (QED) is 0.886. The summed E-state index contributed by atoms with van der Waals surface area (Å²) in [5.41, 5.74) is 1.92. The number of nitrogens with one attached hydrogen (secondary N) is 1. The van der Waals surface area contributed by atoms with Crippen LogP contribution in [0.5, 0.6) is 0 Å². The molecule has 1 N–H and O–H groups in total. The summed E-state index contributed by atoms with van der Waals surface area (Å²) >= 11 is 0. The molecule has 1 aliphatic rings. The van der Waals surface area contributed by atoms with E-state index in [-0.39, 0.29) is 11.9 Å². The van der Waals surface area contributed by atoms with Crippen molar-refractivity contribution < 1.29 is 13.9 Å². The predicted molar refractivity (Wildman–Crippen MR) is 92.0 cm³/mol. The summed E-state index contributed by atoms with van der Waals surface area (Å²) < 4.78 is 11.0. The molecule has 0 aliphatic carbocycles. The van der Waals surface area contributed by atoms with Crippen molar-refractivity contribution in [2.45, 2.75) is 19.4 Å². The molecule has 128 valence electrons. The minimum Gasteiger partial charge on any atom is -0.468 e. The van der Waals surface area contributed by atoms with E-state index in [1.165, 1.54) is 5.56 Å². The Hall–Kier alpha value is -2.11. The number of hydrogen-bond donors (Lipinski definition) is 1. The molecule has 5 nitrogen and oxygen atoms in total. The Kier molecular flexibility index (Phi) is 5.67. The third kappa shape index (κ3) is 4.04. The summed E-state index contributed by atoms with van der Waals surface area (Å²) in [5.74, 6) is 0.820. The molecule has 1 fully saturated rings. The minimum absolute atomic E-state index is 0.0303. The zero-order chi connectivity index (χ0) is 16.8. The number of carbonyl (C=O) groups is 1. The summed E-state index contributed by atoms with van der Waals surface area (Å²) in [6, 6.07) is 11.6. The third-order valence-electron chi connectivity index (χ3n) is 4.44. The van der Waals surface area contributed by atoms with Gasteiger partial charge in [0.05, 0.1) is 25.5 Å². The molecule has 5 heteroatoms. The van der Waals surface area contributed by atoms with Gasteiger partial charge in [-0.15, -0.1) is 0 Å². The molecule has 1 unspecified atom stereocenters. The number of amides is 1. The van der Waals surface area contributed by atoms with Crippen LogP contribution in [0, 0.1) is 0 Å². The van der Waals surface area contributed by atoms with E-state index in [4.69, 9.17) is 9.15 Å². The van der Waals surface area contributed by atoms with Gasteiger partial charge in [-0.2, -0.15) is 0 Å². The summed E-state index contributed by atoms with van der Waals surface area (Å²) in [6.07, 6.45) is 2.65. The zero-order valence-corrected chi connectivity index (χ0v) is 14.0. The second-order valence-corrected chi connectivity index (χ2v) is 5.94. The molecule has 0 bridgehead atoms. The van der Waals surface area contributed by atoms with E-state index in [9.17, 15) is 4.79 Å². The highest BCUT2D eigenvalue weighted by Gasteiger charge is 2.25. The topological polar surface area (TPSA) is 54.7 Å². The Morgan fingerprint density at radius 1 is 1.21 bits per heavy atom. The molecule has 0 spiro atoms. The lowest BCUT2D eigenvalue weighted by Crippen LogP contribution is -2.43. The predicted octanol–water partition coefficient (Wildman–Crippen LogP) is 2.65.